The molecule has 2 aliphatic rings. The molecule has 1 aromatic rings. The van der Waals surface area contributed by atoms with Crippen molar-refractivity contribution in [3.63, 3.8) is 0 Å². The molecule has 0 radical (unpaired) electrons. The lowest BCUT2D eigenvalue weighted by atomic mass is 9.88. The average Bonchev–Trinajstić information content (AvgIpc) is 2.83. The van der Waals surface area contributed by atoms with Gasteiger partial charge < -0.3 is 10.1 Å². The van der Waals surface area contributed by atoms with Crippen LogP contribution < -0.4 is 15.4 Å². The van der Waals surface area contributed by atoms with E-state index in [0.29, 0.717) is 12.1 Å². The van der Waals surface area contributed by atoms with Gasteiger partial charge in [-0.25, -0.2) is 4.79 Å². The Kier molecular flexibility index (Phi) is 5.87. The zero-order valence-electron chi connectivity index (χ0n) is 16.9. The Hall–Kier alpha value is -3.34. The molecule has 1 aliphatic heterocycles. The Labute approximate surface area is 170 Å². The van der Waals surface area contributed by atoms with E-state index in [9.17, 15) is 9.59 Å². The second-order valence-corrected chi connectivity index (χ2v) is 7.22. The van der Waals surface area contributed by atoms with Crippen LogP contribution in [0.1, 0.15) is 18.1 Å². The quantitative estimate of drug-likeness (QED) is 0.554. The Morgan fingerprint density at radius 3 is 2.76 bits per heavy atom. The number of hydrogen-bond acceptors (Lipinski definition) is 4. The molecule has 1 fully saturated rings. The fraction of sp³-hybridized carbons (Fsp3) is 0.261. The maximum atomic E-state index is 12.8. The van der Waals surface area contributed by atoms with Gasteiger partial charge in [-0.05, 0) is 49.4 Å². The third-order valence-corrected chi connectivity index (χ3v) is 5.02. The number of ether oxygens (including phenoxy) is 1. The number of imide groups is 1. The van der Waals surface area contributed by atoms with E-state index in [1.54, 1.807) is 19.3 Å². The lowest BCUT2D eigenvalue weighted by Gasteiger charge is -2.31. The van der Waals surface area contributed by atoms with Crippen LogP contribution in [0.4, 0.5) is 4.79 Å². The molecule has 1 heterocycles. The predicted octanol–water partition coefficient (Wildman–Crippen LogP) is 2.95. The number of carbonyl (C=O) groups excluding carboxylic acids is 2. The van der Waals surface area contributed by atoms with E-state index in [1.165, 1.54) is 0 Å². The van der Waals surface area contributed by atoms with Crippen LogP contribution in [0.25, 0.3) is 6.08 Å². The van der Waals surface area contributed by atoms with Gasteiger partial charge in [-0.15, -0.1) is 5.73 Å². The molecule has 6 nitrogen and oxygen atoms in total. The molecule has 0 spiro atoms. The van der Waals surface area contributed by atoms with E-state index in [-0.39, 0.29) is 12.5 Å². The van der Waals surface area contributed by atoms with Crippen LogP contribution in [0.15, 0.2) is 66.0 Å². The molecule has 3 rings (SSSR count). The molecule has 3 amide bonds. The highest BCUT2D eigenvalue weighted by Crippen LogP contribution is 2.26. The highest BCUT2D eigenvalue weighted by molar-refractivity contribution is 6.09. The van der Waals surface area contributed by atoms with E-state index in [1.807, 2.05) is 55.3 Å². The molecular weight excluding hydrogens is 366 g/mol. The van der Waals surface area contributed by atoms with Crippen LogP contribution in [-0.2, 0) is 11.3 Å². The van der Waals surface area contributed by atoms with Crippen molar-refractivity contribution in [3.05, 3.63) is 77.1 Å². The van der Waals surface area contributed by atoms with Gasteiger partial charge in [0, 0.05) is 18.7 Å². The standard InChI is InChI=1S/C23H25N3O3/c1-5-17-10-12-20(29-4)13-18(17)14-26(3)15-23(21(27)24-22(28)25-23)19-8-6-7-16(2)9-11-19/h5-7,9-13H,1,14-15H2,2-4H3,(H2,24,25,27,28). The van der Waals surface area contributed by atoms with Gasteiger partial charge in [0.15, 0.2) is 5.54 Å². The molecule has 1 atom stereocenters. The second kappa shape index (κ2) is 8.35. The molecule has 29 heavy (non-hydrogen) atoms. The summed E-state index contributed by atoms with van der Waals surface area (Å²) < 4.78 is 5.33. The SMILES string of the molecule is C=Cc1ccc(OC)cc1CN(C)CC1(C2=C=CC=C(C)C=C2)NC(=O)NC1=O. The number of amides is 3. The van der Waals surface area contributed by atoms with Crippen molar-refractivity contribution in [2.75, 3.05) is 20.7 Å². The van der Waals surface area contributed by atoms with E-state index in [0.717, 1.165) is 22.4 Å². The smallest absolute Gasteiger partial charge is 0.322 e. The maximum absolute atomic E-state index is 12.8. The van der Waals surface area contributed by atoms with Gasteiger partial charge >= 0.3 is 6.03 Å². The van der Waals surface area contributed by atoms with Crippen molar-refractivity contribution in [2.24, 2.45) is 0 Å². The third-order valence-electron chi connectivity index (χ3n) is 5.02. The summed E-state index contributed by atoms with van der Waals surface area (Å²) in [6, 6.07) is 5.27. The van der Waals surface area contributed by atoms with Gasteiger partial charge in [0.25, 0.3) is 5.91 Å². The molecule has 1 unspecified atom stereocenters. The number of nitrogens with one attached hydrogen (secondary N) is 2. The summed E-state index contributed by atoms with van der Waals surface area (Å²) in [4.78, 5) is 26.8. The molecule has 150 valence electrons. The number of likely N-dealkylation sites (N-methyl/N-ethyl adjacent to an activating group) is 1. The lowest BCUT2D eigenvalue weighted by molar-refractivity contribution is -0.123. The zero-order chi connectivity index (χ0) is 21.0. The van der Waals surface area contributed by atoms with Crippen molar-refractivity contribution in [1.82, 2.24) is 15.5 Å². The van der Waals surface area contributed by atoms with E-state index < -0.39 is 11.6 Å². The molecule has 6 heteroatoms. The molecule has 2 N–H and O–H groups in total. The van der Waals surface area contributed by atoms with Crippen LogP contribution in [0.3, 0.4) is 0 Å². The van der Waals surface area contributed by atoms with E-state index in [2.05, 4.69) is 22.9 Å². The maximum Gasteiger partial charge on any atom is 0.322 e. The molecule has 1 aliphatic carbocycles. The molecule has 0 aromatic heterocycles. The predicted molar refractivity (Wildman–Crippen MR) is 113 cm³/mol. The van der Waals surface area contributed by atoms with Crippen LogP contribution >= 0.6 is 0 Å². The average molecular weight is 391 g/mol. The first-order valence-electron chi connectivity index (χ1n) is 9.31. The highest BCUT2D eigenvalue weighted by atomic mass is 16.5. The number of carbonyl (C=O) groups is 2. The van der Waals surface area contributed by atoms with Gasteiger partial charge in [0.1, 0.15) is 5.75 Å². The fourth-order valence-electron chi connectivity index (χ4n) is 3.52. The van der Waals surface area contributed by atoms with Gasteiger partial charge in [-0.1, -0.05) is 36.4 Å². The van der Waals surface area contributed by atoms with E-state index in [4.69, 9.17) is 4.74 Å². The summed E-state index contributed by atoms with van der Waals surface area (Å²) >= 11 is 0. The lowest BCUT2D eigenvalue weighted by Crippen LogP contribution is -2.55. The monoisotopic (exact) mass is 391 g/mol. The summed E-state index contributed by atoms with van der Waals surface area (Å²) in [6.07, 6.45) is 9.19. The van der Waals surface area contributed by atoms with E-state index >= 15 is 0 Å². The van der Waals surface area contributed by atoms with Crippen molar-refractivity contribution >= 4 is 18.0 Å². The molecular formula is C23H25N3O3. The second-order valence-electron chi connectivity index (χ2n) is 7.22. The minimum absolute atomic E-state index is 0.276. The Morgan fingerprint density at radius 2 is 2.10 bits per heavy atom. The van der Waals surface area contributed by atoms with Gasteiger partial charge in [0.2, 0.25) is 0 Å². The third kappa shape index (κ3) is 4.24. The number of rotatable bonds is 7. The fourth-order valence-corrected chi connectivity index (χ4v) is 3.52. The first-order valence-corrected chi connectivity index (χ1v) is 9.31. The number of allylic oxidation sites excluding steroid dienone is 3. The van der Waals surface area contributed by atoms with Crippen molar-refractivity contribution in [3.8, 4) is 5.75 Å². The topological polar surface area (TPSA) is 70.7 Å². The Bertz CT molecular complexity index is 983. The molecule has 1 aromatic carbocycles. The van der Waals surface area contributed by atoms with Crippen LogP contribution in [0.5, 0.6) is 5.75 Å². The summed E-state index contributed by atoms with van der Waals surface area (Å²) in [7, 11) is 3.52. The summed E-state index contributed by atoms with van der Waals surface area (Å²) in [5.41, 5.74) is 5.57. The van der Waals surface area contributed by atoms with Gasteiger partial charge in [0.05, 0.1) is 7.11 Å². The molecule has 1 saturated heterocycles. The number of methoxy groups -OCH3 is 1. The normalized spacial score (nSPS) is 20.7. The van der Waals surface area contributed by atoms with Gasteiger partial charge in [-0.2, -0.15) is 0 Å². The summed E-state index contributed by atoms with van der Waals surface area (Å²) in [5, 5.41) is 5.19. The molecule has 0 bridgehead atoms. The minimum atomic E-state index is -1.22. The van der Waals surface area contributed by atoms with Crippen LogP contribution in [-0.4, -0.2) is 43.1 Å². The summed E-state index contributed by atoms with van der Waals surface area (Å²) in [5.74, 6) is 0.364. The Balaban J connectivity index is 1.91. The number of benzene rings is 1. The number of nitrogens with zero attached hydrogens (tertiary/aromatic N) is 1. The largest absolute Gasteiger partial charge is 0.497 e. The van der Waals surface area contributed by atoms with Crippen LogP contribution in [0, 0.1) is 0 Å². The number of hydrogen-bond donors (Lipinski definition) is 2. The summed E-state index contributed by atoms with van der Waals surface area (Å²) in [6.45, 7) is 6.65. The van der Waals surface area contributed by atoms with Gasteiger partial charge in [-0.3, -0.25) is 15.0 Å². The van der Waals surface area contributed by atoms with Crippen molar-refractivity contribution in [2.45, 2.75) is 19.0 Å². The van der Waals surface area contributed by atoms with Crippen molar-refractivity contribution < 1.29 is 14.3 Å². The zero-order valence-corrected chi connectivity index (χ0v) is 16.9. The van der Waals surface area contributed by atoms with Crippen LogP contribution in [0.2, 0.25) is 0 Å². The first kappa shape index (κ1) is 20.4. The Morgan fingerprint density at radius 1 is 1.31 bits per heavy atom. The minimum Gasteiger partial charge on any atom is -0.497 e. The van der Waals surface area contributed by atoms with Crippen molar-refractivity contribution in [1.29, 1.82) is 0 Å². The molecule has 0 saturated carbocycles. The number of urea groups is 1. The first-order chi connectivity index (χ1) is 13.9. The highest BCUT2D eigenvalue weighted by Gasteiger charge is 2.49.